The van der Waals surface area contributed by atoms with Crippen molar-refractivity contribution in [1.82, 2.24) is 10.0 Å². The quantitative estimate of drug-likeness (QED) is 0.759. The van der Waals surface area contributed by atoms with Crippen molar-refractivity contribution < 1.29 is 17.6 Å². The Balaban J connectivity index is 2.76. The van der Waals surface area contributed by atoms with E-state index >= 15 is 0 Å². The minimum absolute atomic E-state index is 0.0997. The Morgan fingerprint density at radius 2 is 2.00 bits per heavy atom. The molecule has 0 heterocycles. The Hall–Kier alpha value is -1.73. The van der Waals surface area contributed by atoms with Crippen molar-refractivity contribution in [2.45, 2.75) is 17.9 Å². The first-order chi connectivity index (χ1) is 8.86. The van der Waals surface area contributed by atoms with Crippen LogP contribution in [0.2, 0.25) is 0 Å². The van der Waals surface area contributed by atoms with Crippen LogP contribution in [0.15, 0.2) is 41.8 Å². The number of carbonyl (C=O) groups excluding carboxylic acids is 1. The number of carbonyl (C=O) groups is 1. The van der Waals surface area contributed by atoms with Gasteiger partial charge in [0, 0.05) is 6.54 Å². The zero-order chi connectivity index (χ0) is 14.5. The van der Waals surface area contributed by atoms with E-state index < -0.39 is 27.8 Å². The van der Waals surface area contributed by atoms with Crippen LogP contribution in [0.25, 0.3) is 0 Å². The third-order valence-electron chi connectivity index (χ3n) is 2.27. The van der Waals surface area contributed by atoms with Crippen molar-refractivity contribution in [3.63, 3.8) is 0 Å². The van der Waals surface area contributed by atoms with Gasteiger partial charge in [-0.1, -0.05) is 6.08 Å². The third-order valence-corrected chi connectivity index (χ3v) is 3.83. The molecule has 5 nitrogen and oxygen atoms in total. The highest BCUT2D eigenvalue weighted by molar-refractivity contribution is 7.89. The summed E-state index contributed by atoms with van der Waals surface area (Å²) in [7, 11) is -3.85. The zero-order valence-corrected chi connectivity index (χ0v) is 11.2. The molecule has 1 aromatic rings. The van der Waals surface area contributed by atoms with E-state index in [4.69, 9.17) is 0 Å². The van der Waals surface area contributed by atoms with Gasteiger partial charge in [-0.3, -0.25) is 4.79 Å². The van der Waals surface area contributed by atoms with Gasteiger partial charge in [-0.05, 0) is 31.2 Å². The lowest BCUT2D eigenvalue weighted by Gasteiger charge is -2.13. The fourth-order valence-corrected chi connectivity index (χ4v) is 2.50. The van der Waals surface area contributed by atoms with Gasteiger partial charge in [-0.15, -0.1) is 6.58 Å². The van der Waals surface area contributed by atoms with Crippen LogP contribution >= 0.6 is 0 Å². The van der Waals surface area contributed by atoms with Gasteiger partial charge in [-0.2, -0.15) is 4.72 Å². The average Bonchev–Trinajstić information content (AvgIpc) is 2.35. The minimum Gasteiger partial charge on any atom is -0.351 e. The predicted molar refractivity (Wildman–Crippen MR) is 69.4 cm³/mol. The largest absolute Gasteiger partial charge is 0.351 e. The van der Waals surface area contributed by atoms with E-state index in [-0.39, 0.29) is 11.4 Å². The van der Waals surface area contributed by atoms with E-state index in [2.05, 4.69) is 16.6 Å². The Morgan fingerprint density at radius 3 is 2.53 bits per heavy atom. The topological polar surface area (TPSA) is 75.3 Å². The lowest BCUT2D eigenvalue weighted by molar-refractivity contribution is -0.122. The number of rotatable bonds is 6. The second-order valence-electron chi connectivity index (χ2n) is 3.83. The number of hydrogen-bond acceptors (Lipinski definition) is 3. The molecule has 0 fully saturated rings. The summed E-state index contributed by atoms with van der Waals surface area (Å²) in [4.78, 5) is 11.4. The molecule has 1 rings (SSSR count). The van der Waals surface area contributed by atoms with Crippen LogP contribution < -0.4 is 10.0 Å². The number of benzene rings is 1. The normalized spacial score (nSPS) is 12.7. The molecule has 0 unspecified atom stereocenters. The molecule has 0 saturated carbocycles. The number of amides is 1. The van der Waals surface area contributed by atoms with Gasteiger partial charge < -0.3 is 5.32 Å². The molecule has 0 aliphatic carbocycles. The van der Waals surface area contributed by atoms with E-state index in [0.717, 1.165) is 24.3 Å². The predicted octanol–water partition coefficient (Wildman–Crippen LogP) is 0.795. The number of halogens is 1. The average molecular weight is 286 g/mol. The van der Waals surface area contributed by atoms with E-state index in [1.54, 1.807) is 0 Å². The molecule has 0 radical (unpaired) electrons. The van der Waals surface area contributed by atoms with Gasteiger partial charge in [0.05, 0.1) is 10.9 Å². The Kier molecular flexibility index (Phi) is 5.20. The second kappa shape index (κ2) is 6.44. The van der Waals surface area contributed by atoms with Gasteiger partial charge in [0.2, 0.25) is 15.9 Å². The molecule has 0 bridgehead atoms. The first-order valence-corrected chi connectivity index (χ1v) is 7.01. The molecular weight excluding hydrogens is 271 g/mol. The SMILES string of the molecule is C=CCNC(=O)[C@H](C)NS(=O)(=O)c1ccc(F)cc1. The molecule has 2 N–H and O–H groups in total. The van der Waals surface area contributed by atoms with Crippen molar-refractivity contribution in [3.8, 4) is 0 Å². The van der Waals surface area contributed by atoms with Gasteiger partial charge >= 0.3 is 0 Å². The lowest BCUT2D eigenvalue weighted by Crippen LogP contribution is -2.44. The first kappa shape index (κ1) is 15.3. The van der Waals surface area contributed by atoms with E-state index in [1.165, 1.54) is 13.0 Å². The highest BCUT2D eigenvalue weighted by Crippen LogP contribution is 2.10. The molecule has 1 aromatic carbocycles. The molecule has 0 spiro atoms. The number of hydrogen-bond donors (Lipinski definition) is 2. The molecule has 0 saturated heterocycles. The maximum absolute atomic E-state index is 12.7. The fraction of sp³-hybridized carbons (Fsp3) is 0.250. The Morgan fingerprint density at radius 1 is 1.42 bits per heavy atom. The molecule has 7 heteroatoms. The summed E-state index contributed by atoms with van der Waals surface area (Å²) in [5.74, 6) is -0.999. The van der Waals surface area contributed by atoms with E-state index in [0.29, 0.717) is 0 Å². The van der Waals surface area contributed by atoms with Crippen molar-refractivity contribution in [1.29, 1.82) is 0 Å². The zero-order valence-electron chi connectivity index (χ0n) is 10.4. The maximum atomic E-state index is 12.7. The summed E-state index contributed by atoms with van der Waals surface area (Å²) in [5.41, 5.74) is 0. The third kappa shape index (κ3) is 4.46. The second-order valence-corrected chi connectivity index (χ2v) is 5.54. The molecule has 0 aliphatic heterocycles. The minimum atomic E-state index is -3.85. The molecule has 1 amide bonds. The highest BCUT2D eigenvalue weighted by Gasteiger charge is 2.21. The van der Waals surface area contributed by atoms with Crippen molar-refractivity contribution in [2.24, 2.45) is 0 Å². The van der Waals surface area contributed by atoms with Crippen LogP contribution in [-0.4, -0.2) is 26.9 Å². The van der Waals surface area contributed by atoms with Gasteiger partial charge in [0.25, 0.3) is 0 Å². The summed E-state index contributed by atoms with van der Waals surface area (Å²) in [6.07, 6.45) is 1.49. The van der Waals surface area contributed by atoms with Crippen LogP contribution in [0.4, 0.5) is 4.39 Å². The summed E-state index contributed by atoms with van der Waals surface area (Å²) >= 11 is 0. The van der Waals surface area contributed by atoms with Crippen molar-refractivity contribution in [2.75, 3.05) is 6.54 Å². The number of sulfonamides is 1. The molecule has 0 aliphatic rings. The van der Waals surface area contributed by atoms with E-state index in [1.807, 2.05) is 0 Å². The number of nitrogens with one attached hydrogen (secondary N) is 2. The summed E-state index contributed by atoms with van der Waals surface area (Å²) in [6.45, 7) is 5.10. The molecule has 0 aromatic heterocycles. The summed E-state index contributed by atoms with van der Waals surface area (Å²) in [6, 6.07) is 3.40. The molecule has 19 heavy (non-hydrogen) atoms. The smallest absolute Gasteiger partial charge is 0.241 e. The van der Waals surface area contributed by atoms with E-state index in [9.17, 15) is 17.6 Å². The van der Waals surface area contributed by atoms with Crippen LogP contribution in [0, 0.1) is 5.82 Å². The highest BCUT2D eigenvalue weighted by atomic mass is 32.2. The van der Waals surface area contributed by atoms with Gasteiger partial charge in [0.15, 0.2) is 0 Å². The maximum Gasteiger partial charge on any atom is 0.241 e. The fourth-order valence-electron chi connectivity index (χ4n) is 1.29. The lowest BCUT2D eigenvalue weighted by atomic mass is 10.3. The Bertz CT molecular complexity index is 555. The van der Waals surface area contributed by atoms with Crippen LogP contribution in [0.3, 0.4) is 0 Å². The van der Waals surface area contributed by atoms with Crippen LogP contribution in [-0.2, 0) is 14.8 Å². The van der Waals surface area contributed by atoms with Gasteiger partial charge in [0.1, 0.15) is 5.82 Å². The van der Waals surface area contributed by atoms with Crippen LogP contribution in [0.1, 0.15) is 6.92 Å². The molecular formula is C12H15FN2O3S. The van der Waals surface area contributed by atoms with Gasteiger partial charge in [-0.25, -0.2) is 12.8 Å². The standard InChI is InChI=1S/C12H15FN2O3S/c1-3-8-14-12(16)9(2)15-19(17,18)11-6-4-10(13)5-7-11/h3-7,9,15H,1,8H2,2H3,(H,14,16)/t9-/m0/s1. The summed E-state index contributed by atoms with van der Waals surface area (Å²) < 4.78 is 38.7. The monoisotopic (exact) mass is 286 g/mol. The molecule has 104 valence electrons. The summed E-state index contributed by atoms with van der Waals surface area (Å²) in [5, 5.41) is 2.47. The van der Waals surface area contributed by atoms with Crippen molar-refractivity contribution in [3.05, 3.63) is 42.7 Å². The Labute approximate surface area is 111 Å². The first-order valence-electron chi connectivity index (χ1n) is 5.53. The van der Waals surface area contributed by atoms with Crippen LogP contribution in [0.5, 0.6) is 0 Å². The van der Waals surface area contributed by atoms with Crippen molar-refractivity contribution >= 4 is 15.9 Å². The molecule has 1 atom stereocenters.